The van der Waals surface area contributed by atoms with Crippen LogP contribution in [-0.2, 0) is 19.6 Å². The van der Waals surface area contributed by atoms with Gasteiger partial charge in [0.05, 0.1) is 10.6 Å². The number of sulfonamides is 1. The van der Waals surface area contributed by atoms with E-state index in [1.54, 1.807) is 19.9 Å². The van der Waals surface area contributed by atoms with E-state index in [1.165, 1.54) is 36.1 Å². The number of hydrogen-bond donors (Lipinski definition) is 2. The van der Waals surface area contributed by atoms with Crippen molar-refractivity contribution in [2.75, 3.05) is 44.6 Å². The number of likely N-dealkylation sites (tertiary alicyclic amines) is 1. The van der Waals surface area contributed by atoms with Gasteiger partial charge in [-0.05, 0) is 64.3 Å². The number of fused-ring (bicyclic) bond motifs is 1. The fourth-order valence-corrected chi connectivity index (χ4v) is 6.65. The molecule has 1 aromatic carbocycles. The third-order valence-electron chi connectivity index (χ3n) is 7.08. The van der Waals surface area contributed by atoms with E-state index in [0.29, 0.717) is 49.5 Å². The SMILES string of the molecule is Cc1cc2c(cc1S(=O)(=O)N1CCC(C(=O)NCCN3CCCCCC3)CC1)O[C@@H](C)C(=O)N2. The Bertz CT molecular complexity index is 1010. The van der Waals surface area contributed by atoms with Gasteiger partial charge in [-0.15, -0.1) is 0 Å². The number of benzene rings is 1. The van der Waals surface area contributed by atoms with Crippen LogP contribution in [0.3, 0.4) is 0 Å². The van der Waals surface area contributed by atoms with Crippen LogP contribution in [0, 0.1) is 12.8 Å². The highest BCUT2D eigenvalue weighted by molar-refractivity contribution is 7.89. The lowest BCUT2D eigenvalue weighted by molar-refractivity contribution is -0.126. The molecule has 188 valence electrons. The molecule has 0 saturated carbocycles. The topological polar surface area (TPSA) is 108 Å². The summed E-state index contributed by atoms with van der Waals surface area (Å²) >= 11 is 0. The molecule has 10 heteroatoms. The molecule has 3 aliphatic rings. The number of aryl methyl sites for hydroxylation is 1. The fraction of sp³-hybridized carbons (Fsp3) is 0.667. The molecular weight excluding hydrogens is 456 g/mol. The first-order chi connectivity index (χ1) is 16.3. The molecule has 2 N–H and O–H groups in total. The minimum atomic E-state index is -3.74. The van der Waals surface area contributed by atoms with Crippen LogP contribution in [0.5, 0.6) is 5.75 Å². The molecule has 2 amide bonds. The summed E-state index contributed by atoms with van der Waals surface area (Å²) in [7, 11) is -3.74. The lowest BCUT2D eigenvalue weighted by atomic mass is 9.97. The lowest BCUT2D eigenvalue weighted by Gasteiger charge is -2.32. The first kappa shape index (κ1) is 24.9. The van der Waals surface area contributed by atoms with Gasteiger partial charge in [-0.2, -0.15) is 4.31 Å². The number of anilines is 1. The first-order valence-corrected chi connectivity index (χ1v) is 13.8. The molecule has 0 aromatic heterocycles. The Morgan fingerprint density at radius 1 is 1.12 bits per heavy atom. The third kappa shape index (κ3) is 5.55. The van der Waals surface area contributed by atoms with Crippen LogP contribution in [-0.4, -0.2) is 74.8 Å². The Morgan fingerprint density at radius 2 is 1.79 bits per heavy atom. The molecule has 1 atom stereocenters. The van der Waals surface area contributed by atoms with Crippen LogP contribution >= 0.6 is 0 Å². The summed E-state index contributed by atoms with van der Waals surface area (Å²) in [5, 5.41) is 5.80. The Labute approximate surface area is 202 Å². The van der Waals surface area contributed by atoms with Crippen molar-refractivity contribution >= 4 is 27.5 Å². The van der Waals surface area contributed by atoms with Crippen molar-refractivity contribution in [3.05, 3.63) is 17.7 Å². The van der Waals surface area contributed by atoms with Gasteiger partial charge < -0.3 is 20.3 Å². The number of ether oxygens (including phenoxy) is 1. The molecule has 1 aromatic rings. The maximum atomic E-state index is 13.4. The second kappa shape index (κ2) is 10.6. The lowest BCUT2D eigenvalue weighted by Crippen LogP contribution is -2.44. The largest absolute Gasteiger partial charge is 0.479 e. The molecule has 0 aliphatic carbocycles. The summed E-state index contributed by atoms with van der Waals surface area (Å²) < 4.78 is 33.8. The smallest absolute Gasteiger partial charge is 0.265 e. The summed E-state index contributed by atoms with van der Waals surface area (Å²) in [6, 6.07) is 3.13. The highest BCUT2D eigenvalue weighted by Gasteiger charge is 2.34. The molecule has 0 spiro atoms. The van der Waals surface area contributed by atoms with E-state index >= 15 is 0 Å². The molecule has 3 aliphatic heterocycles. The molecule has 4 rings (SSSR count). The number of rotatable bonds is 6. The quantitative estimate of drug-likeness (QED) is 0.630. The minimum absolute atomic E-state index is 0.0231. The van der Waals surface area contributed by atoms with Crippen molar-refractivity contribution in [1.29, 1.82) is 0 Å². The summed E-state index contributed by atoms with van der Waals surface area (Å²) in [6.07, 6.45) is 5.36. The molecule has 0 radical (unpaired) electrons. The number of carbonyl (C=O) groups is 2. The van der Waals surface area contributed by atoms with Gasteiger partial charge in [-0.3, -0.25) is 9.59 Å². The average Bonchev–Trinajstić information content (AvgIpc) is 3.08. The Morgan fingerprint density at radius 3 is 2.47 bits per heavy atom. The van der Waals surface area contributed by atoms with Gasteiger partial charge in [0.25, 0.3) is 5.91 Å². The van der Waals surface area contributed by atoms with Crippen molar-refractivity contribution in [3.63, 3.8) is 0 Å². The average molecular weight is 493 g/mol. The van der Waals surface area contributed by atoms with Crippen molar-refractivity contribution < 1.29 is 22.7 Å². The zero-order valence-corrected chi connectivity index (χ0v) is 21.0. The summed E-state index contributed by atoms with van der Waals surface area (Å²) in [6.45, 7) is 7.65. The van der Waals surface area contributed by atoms with Crippen molar-refractivity contribution in [2.45, 2.75) is 63.4 Å². The van der Waals surface area contributed by atoms with Crippen LogP contribution in [0.15, 0.2) is 17.0 Å². The van der Waals surface area contributed by atoms with Crippen LogP contribution < -0.4 is 15.4 Å². The first-order valence-electron chi connectivity index (χ1n) is 12.4. The minimum Gasteiger partial charge on any atom is -0.479 e. The van der Waals surface area contributed by atoms with E-state index in [-0.39, 0.29) is 22.6 Å². The fourth-order valence-electron chi connectivity index (χ4n) is 4.96. The van der Waals surface area contributed by atoms with E-state index in [2.05, 4.69) is 15.5 Å². The second-order valence-corrected chi connectivity index (χ2v) is 11.5. The number of amides is 2. The van der Waals surface area contributed by atoms with E-state index < -0.39 is 16.1 Å². The number of hydrogen-bond acceptors (Lipinski definition) is 6. The number of piperidine rings is 1. The van der Waals surface area contributed by atoms with Gasteiger partial charge in [-0.1, -0.05) is 12.8 Å². The molecule has 2 saturated heterocycles. The number of carbonyl (C=O) groups excluding carboxylic acids is 2. The van der Waals surface area contributed by atoms with Crippen LogP contribution in [0.4, 0.5) is 5.69 Å². The van der Waals surface area contributed by atoms with Gasteiger partial charge in [0, 0.05) is 38.2 Å². The highest BCUT2D eigenvalue weighted by atomic mass is 32.2. The third-order valence-corrected chi connectivity index (χ3v) is 9.12. The molecular formula is C24H36N4O5S. The standard InChI is InChI=1S/C24H36N4O5S/c1-17-15-20-21(33-18(2)23(29)26-20)16-22(17)34(31,32)28-12-7-19(8-13-28)24(30)25-9-14-27-10-5-3-4-6-11-27/h15-16,18-19H,3-14H2,1-2H3,(H,25,30)(H,26,29)/t18-/m0/s1. The van der Waals surface area contributed by atoms with Gasteiger partial charge in [0.15, 0.2) is 6.10 Å². The van der Waals surface area contributed by atoms with Gasteiger partial charge >= 0.3 is 0 Å². The van der Waals surface area contributed by atoms with Crippen molar-refractivity contribution in [2.24, 2.45) is 5.92 Å². The zero-order chi connectivity index (χ0) is 24.3. The van der Waals surface area contributed by atoms with Gasteiger partial charge in [0.1, 0.15) is 5.75 Å². The monoisotopic (exact) mass is 492 g/mol. The van der Waals surface area contributed by atoms with Gasteiger partial charge in [0.2, 0.25) is 15.9 Å². The molecule has 0 bridgehead atoms. The van der Waals surface area contributed by atoms with E-state index in [1.807, 2.05) is 0 Å². The predicted molar refractivity (Wildman–Crippen MR) is 129 cm³/mol. The van der Waals surface area contributed by atoms with E-state index in [0.717, 1.165) is 19.6 Å². The van der Waals surface area contributed by atoms with E-state index in [4.69, 9.17) is 4.74 Å². The molecule has 9 nitrogen and oxygen atoms in total. The highest BCUT2D eigenvalue weighted by Crippen LogP contribution is 2.36. The number of nitrogens with one attached hydrogen (secondary N) is 2. The van der Waals surface area contributed by atoms with Crippen LogP contribution in [0.2, 0.25) is 0 Å². The second-order valence-electron chi connectivity index (χ2n) is 9.59. The predicted octanol–water partition coefficient (Wildman–Crippen LogP) is 2.11. The number of nitrogens with zero attached hydrogens (tertiary/aromatic N) is 2. The molecule has 2 fully saturated rings. The Kier molecular flexibility index (Phi) is 7.79. The molecule has 3 heterocycles. The summed E-state index contributed by atoms with van der Waals surface area (Å²) in [5.41, 5.74) is 1.03. The van der Waals surface area contributed by atoms with E-state index in [9.17, 15) is 18.0 Å². The van der Waals surface area contributed by atoms with Crippen molar-refractivity contribution in [1.82, 2.24) is 14.5 Å². The maximum absolute atomic E-state index is 13.4. The zero-order valence-electron chi connectivity index (χ0n) is 20.1. The Hall–Kier alpha value is -2.17. The van der Waals surface area contributed by atoms with Crippen molar-refractivity contribution in [3.8, 4) is 5.75 Å². The van der Waals surface area contributed by atoms with Crippen LogP contribution in [0.25, 0.3) is 0 Å². The molecule has 0 unspecified atom stereocenters. The normalized spacial score (nSPS) is 22.9. The summed E-state index contributed by atoms with van der Waals surface area (Å²) in [4.78, 5) is 27.1. The van der Waals surface area contributed by atoms with Crippen LogP contribution in [0.1, 0.15) is 51.0 Å². The summed E-state index contributed by atoms with van der Waals surface area (Å²) in [5.74, 6) is -0.0428. The molecule has 34 heavy (non-hydrogen) atoms. The maximum Gasteiger partial charge on any atom is 0.265 e. The van der Waals surface area contributed by atoms with Gasteiger partial charge in [-0.25, -0.2) is 8.42 Å². The Balaban J connectivity index is 1.32.